The third kappa shape index (κ3) is 5.66. The number of benzene rings is 1. The molecule has 0 radical (unpaired) electrons. The van der Waals surface area contributed by atoms with E-state index in [-0.39, 0.29) is 5.92 Å². The van der Waals surface area contributed by atoms with Crippen molar-refractivity contribution >= 4 is 48.2 Å². The Morgan fingerprint density at radius 2 is 1.94 bits per heavy atom. The predicted octanol–water partition coefficient (Wildman–Crippen LogP) is 4.84. The summed E-state index contributed by atoms with van der Waals surface area (Å²) in [6.07, 6.45) is 4.92. The number of rotatable bonds is 7. The van der Waals surface area contributed by atoms with Gasteiger partial charge in [0.2, 0.25) is 0 Å². The Labute approximate surface area is 199 Å². The van der Waals surface area contributed by atoms with Gasteiger partial charge in [0.1, 0.15) is 5.76 Å². The van der Waals surface area contributed by atoms with Gasteiger partial charge in [-0.2, -0.15) is 0 Å². The minimum atomic E-state index is -2.02. The first-order valence-electron chi connectivity index (χ1n) is 10.9. The van der Waals surface area contributed by atoms with Gasteiger partial charge in [-0.05, 0) is 0 Å². The van der Waals surface area contributed by atoms with Crippen LogP contribution < -0.4 is 20.3 Å². The Morgan fingerprint density at radius 3 is 2.61 bits per heavy atom. The summed E-state index contributed by atoms with van der Waals surface area (Å²) in [5.41, 5.74) is 1.78. The molecule has 3 aromatic rings. The van der Waals surface area contributed by atoms with Gasteiger partial charge >= 0.3 is 158 Å². The topological polar surface area (TPSA) is 109 Å². The zero-order valence-electron chi connectivity index (χ0n) is 19.2. The number of methoxy groups -OCH3 is 1. The fourth-order valence-corrected chi connectivity index (χ4v) is 5.47. The van der Waals surface area contributed by atoms with Crippen LogP contribution in [-0.4, -0.2) is 59.0 Å². The molecule has 0 spiro atoms. The van der Waals surface area contributed by atoms with Gasteiger partial charge in [0.05, 0.1) is 6.20 Å². The van der Waals surface area contributed by atoms with Crippen molar-refractivity contribution in [3.8, 4) is 5.75 Å². The van der Waals surface area contributed by atoms with E-state index in [9.17, 15) is 4.89 Å². The molecular weight excluding hydrogens is 463 g/mol. The van der Waals surface area contributed by atoms with Crippen molar-refractivity contribution < 1.29 is 14.0 Å². The average Bonchev–Trinajstić information content (AvgIpc) is 3.25. The second-order valence-electron chi connectivity index (χ2n) is 8.73. The Hall–Kier alpha value is -2.61. The fourth-order valence-electron chi connectivity index (χ4n) is 3.58. The van der Waals surface area contributed by atoms with E-state index in [0.717, 1.165) is 42.5 Å². The van der Waals surface area contributed by atoms with E-state index in [1.54, 1.807) is 13.3 Å². The first-order valence-corrected chi connectivity index (χ1v) is 14.2. The van der Waals surface area contributed by atoms with E-state index in [0.29, 0.717) is 28.6 Å². The van der Waals surface area contributed by atoms with Crippen LogP contribution in [0.1, 0.15) is 25.5 Å². The molecule has 9 nitrogen and oxygen atoms in total. The summed E-state index contributed by atoms with van der Waals surface area (Å²) in [4.78, 5) is 25.5. The summed E-state index contributed by atoms with van der Waals surface area (Å²) in [6, 6.07) is 6.27. The van der Waals surface area contributed by atoms with E-state index in [1.807, 2.05) is 38.7 Å². The molecule has 1 fully saturated rings. The van der Waals surface area contributed by atoms with Gasteiger partial charge in [-0.25, -0.2) is 4.98 Å². The molecule has 3 N–H and O–H groups in total. The summed E-state index contributed by atoms with van der Waals surface area (Å²) in [5, 5.41) is 6.57. The summed E-state index contributed by atoms with van der Waals surface area (Å²) in [5.74, 6) is 2.40. The normalized spacial score (nSPS) is 16.5. The second-order valence-corrected chi connectivity index (χ2v) is 13.1. The van der Waals surface area contributed by atoms with Crippen LogP contribution in [0.5, 0.6) is 5.75 Å². The van der Waals surface area contributed by atoms with Gasteiger partial charge < -0.3 is 4.42 Å². The molecular formula is C22H30ClN6O3P. The molecule has 1 saturated heterocycles. The molecule has 4 rings (SSSR count). The number of ether oxygens (including phenoxy) is 1. The zero-order chi connectivity index (χ0) is 23.6. The van der Waals surface area contributed by atoms with Crippen molar-refractivity contribution in [2.45, 2.75) is 19.8 Å². The molecule has 0 bridgehead atoms. The molecule has 33 heavy (non-hydrogen) atoms. The number of oxazole rings is 1. The van der Waals surface area contributed by atoms with Crippen LogP contribution in [-0.2, 0) is 0 Å². The van der Waals surface area contributed by atoms with Crippen LogP contribution in [0.2, 0.25) is 5.02 Å². The number of hydrogen-bond donors (Lipinski definition) is 3. The quantitative estimate of drug-likeness (QED) is 0.399. The van der Waals surface area contributed by atoms with Crippen LogP contribution in [0, 0.1) is 0 Å². The van der Waals surface area contributed by atoms with Gasteiger partial charge in [0, 0.05) is 5.92 Å². The van der Waals surface area contributed by atoms with Gasteiger partial charge in [0.15, 0.2) is 0 Å². The van der Waals surface area contributed by atoms with Crippen molar-refractivity contribution in [3.63, 3.8) is 0 Å². The summed E-state index contributed by atoms with van der Waals surface area (Å²) in [6.45, 7) is 7.78. The van der Waals surface area contributed by atoms with E-state index in [1.165, 1.54) is 6.20 Å². The van der Waals surface area contributed by atoms with E-state index < -0.39 is 7.49 Å². The monoisotopic (exact) mass is 492 g/mol. The third-order valence-electron chi connectivity index (χ3n) is 5.70. The maximum atomic E-state index is 10.4. The summed E-state index contributed by atoms with van der Waals surface area (Å²) >= 11 is 6.35. The first-order chi connectivity index (χ1) is 15.7. The van der Waals surface area contributed by atoms with Crippen molar-refractivity contribution in [2.75, 3.05) is 54.7 Å². The van der Waals surface area contributed by atoms with Crippen LogP contribution in [0.3, 0.4) is 0 Å². The Balaban J connectivity index is 1.51. The molecule has 1 aliphatic rings. The van der Waals surface area contributed by atoms with E-state index in [4.69, 9.17) is 20.8 Å². The van der Waals surface area contributed by atoms with Crippen molar-refractivity contribution in [1.82, 2.24) is 15.0 Å². The molecule has 0 saturated carbocycles. The number of anilines is 5. The van der Waals surface area contributed by atoms with Gasteiger partial charge in [-0.1, -0.05) is 13.8 Å². The maximum absolute atomic E-state index is 10.4. The number of nitrogens with zero attached hydrogens (tertiary/aromatic N) is 4. The molecule has 0 amide bonds. The van der Waals surface area contributed by atoms with Gasteiger partial charge in [-0.15, -0.1) is 0 Å². The molecule has 2 aromatic heterocycles. The fraction of sp³-hybridized carbons (Fsp3) is 0.409. The molecule has 1 aromatic carbocycles. The van der Waals surface area contributed by atoms with Gasteiger partial charge in [0.25, 0.3) is 0 Å². The van der Waals surface area contributed by atoms with Gasteiger partial charge in [-0.3, -0.25) is 0 Å². The molecule has 3 heterocycles. The zero-order valence-corrected chi connectivity index (χ0v) is 21.0. The Morgan fingerprint density at radius 1 is 1.18 bits per heavy atom. The molecule has 1 aliphatic heterocycles. The number of halogens is 1. The van der Waals surface area contributed by atoms with Crippen LogP contribution >= 0.6 is 19.1 Å². The number of aromatic nitrogens is 3. The SMILES string of the molecule is COc1cc(N2CC[PH](C)(O)CC2)ccc1Nc1nc(Nc2ncc(C(C)C)o2)ncc1Cl. The van der Waals surface area contributed by atoms with Crippen molar-refractivity contribution in [3.05, 3.63) is 41.4 Å². The van der Waals surface area contributed by atoms with E-state index in [2.05, 4.69) is 30.5 Å². The molecule has 11 heteroatoms. The Kier molecular flexibility index (Phi) is 6.93. The third-order valence-corrected chi connectivity index (χ3v) is 8.58. The van der Waals surface area contributed by atoms with Crippen LogP contribution in [0.4, 0.5) is 29.2 Å². The summed E-state index contributed by atoms with van der Waals surface area (Å²) < 4.78 is 11.3. The second kappa shape index (κ2) is 9.71. The molecule has 178 valence electrons. The summed E-state index contributed by atoms with van der Waals surface area (Å²) in [7, 11) is -0.398. The number of nitrogens with one attached hydrogen (secondary N) is 2. The molecule has 0 atom stereocenters. The molecule has 0 unspecified atom stereocenters. The first kappa shape index (κ1) is 23.5. The van der Waals surface area contributed by atoms with Crippen molar-refractivity contribution in [1.29, 1.82) is 0 Å². The molecule has 0 aliphatic carbocycles. The average molecular weight is 493 g/mol. The minimum absolute atomic E-state index is 0.229. The Bertz CT molecular complexity index is 1110. The predicted molar refractivity (Wildman–Crippen MR) is 136 cm³/mol. The van der Waals surface area contributed by atoms with E-state index >= 15 is 0 Å². The standard InChI is InChI=1S/C22H30ClN6O3P/c1-14(2)19-13-25-22(32-19)28-21-24-12-16(23)20(27-21)26-17-6-5-15(11-18(17)31-3)29-7-9-33(4,30)10-8-29/h5-6,11-14,30,33H,7-10H2,1-4H3,(H2,24,25,26,27,28). The van der Waals surface area contributed by atoms with Crippen molar-refractivity contribution in [2.24, 2.45) is 0 Å². The van der Waals surface area contributed by atoms with Crippen LogP contribution in [0.25, 0.3) is 0 Å². The number of hydrogen-bond acceptors (Lipinski definition) is 9. The van der Waals surface area contributed by atoms with Crippen LogP contribution in [0.15, 0.2) is 35.0 Å².